The van der Waals surface area contributed by atoms with E-state index in [1.807, 2.05) is 6.20 Å². The fourth-order valence-corrected chi connectivity index (χ4v) is 3.41. The molecule has 0 radical (unpaired) electrons. The van der Waals surface area contributed by atoms with Crippen LogP contribution in [0.5, 0.6) is 0 Å². The number of carbonyl (C=O) groups excluding carboxylic acids is 2. The van der Waals surface area contributed by atoms with Crippen LogP contribution in [-0.4, -0.2) is 21.7 Å². The van der Waals surface area contributed by atoms with Crippen molar-refractivity contribution in [3.63, 3.8) is 0 Å². The van der Waals surface area contributed by atoms with Crippen LogP contribution in [0.3, 0.4) is 0 Å². The molecule has 0 fully saturated rings. The summed E-state index contributed by atoms with van der Waals surface area (Å²) in [6, 6.07) is 6.01. The molecule has 1 heterocycles. The number of amides is 3. The van der Waals surface area contributed by atoms with E-state index in [-0.39, 0.29) is 17.5 Å². The van der Waals surface area contributed by atoms with Crippen LogP contribution in [0.25, 0.3) is 0 Å². The molecule has 138 valence electrons. The molecule has 7 nitrogen and oxygen atoms in total. The smallest absolute Gasteiger partial charge is 0.316 e. The van der Waals surface area contributed by atoms with Gasteiger partial charge in [0, 0.05) is 22.5 Å². The summed E-state index contributed by atoms with van der Waals surface area (Å²) < 4.78 is 2.05. The van der Waals surface area contributed by atoms with Crippen molar-refractivity contribution >= 4 is 17.6 Å². The van der Waals surface area contributed by atoms with E-state index in [1.165, 1.54) is 5.69 Å². The van der Waals surface area contributed by atoms with Crippen LogP contribution in [0.15, 0.2) is 30.5 Å². The molecule has 7 heteroatoms. The van der Waals surface area contributed by atoms with Gasteiger partial charge in [0.1, 0.15) is 0 Å². The van der Waals surface area contributed by atoms with Crippen molar-refractivity contribution in [2.24, 2.45) is 5.73 Å². The van der Waals surface area contributed by atoms with Gasteiger partial charge in [0.25, 0.3) is 5.91 Å². The first-order chi connectivity index (χ1) is 12.3. The van der Waals surface area contributed by atoms with Gasteiger partial charge in [-0.25, -0.2) is 4.79 Å². The third-order valence-corrected chi connectivity index (χ3v) is 4.52. The lowest BCUT2D eigenvalue weighted by Crippen LogP contribution is -2.32. The Kier molecular flexibility index (Phi) is 4.71. The van der Waals surface area contributed by atoms with Gasteiger partial charge in [-0.1, -0.05) is 6.07 Å². The van der Waals surface area contributed by atoms with Crippen molar-refractivity contribution in [2.45, 2.75) is 51.6 Å². The number of hydrogen-bond donors (Lipinski definition) is 3. The van der Waals surface area contributed by atoms with Crippen LogP contribution in [0, 0.1) is 0 Å². The van der Waals surface area contributed by atoms with Gasteiger partial charge in [0.15, 0.2) is 0 Å². The minimum atomic E-state index is -0.658. The van der Waals surface area contributed by atoms with Crippen LogP contribution in [0.2, 0.25) is 0 Å². The van der Waals surface area contributed by atoms with Gasteiger partial charge < -0.3 is 16.4 Å². The number of rotatable bonds is 3. The van der Waals surface area contributed by atoms with Crippen molar-refractivity contribution in [1.82, 2.24) is 15.1 Å². The molecule has 1 aliphatic carbocycles. The number of nitrogens with zero attached hydrogens (tertiary/aromatic N) is 2. The number of urea groups is 1. The van der Waals surface area contributed by atoms with E-state index in [0.717, 1.165) is 24.8 Å². The number of carbonyl (C=O) groups is 2. The lowest BCUT2D eigenvalue weighted by Gasteiger charge is -2.28. The number of aromatic nitrogens is 2. The van der Waals surface area contributed by atoms with E-state index in [9.17, 15) is 9.59 Å². The Hall–Kier alpha value is -2.83. The highest BCUT2D eigenvalue weighted by Gasteiger charge is 2.29. The van der Waals surface area contributed by atoms with Crippen molar-refractivity contribution in [3.8, 4) is 0 Å². The van der Waals surface area contributed by atoms with E-state index >= 15 is 0 Å². The maximum Gasteiger partial charge on any atom is 0.316 e. The maximum absolute atomic E-state index is 12.7. The number of hydrogen-bond acceptors (Lipinski definition) is 3. The van der Waals surface area contributed by atoms with E-state index < -0.39 is 6.03 Å². The summed E-state index contributed by atoms with van der Waals surface area (Å²) in [7, 11) is 0. The molecule has 3 rings (SSSR count). The van der Waals surface area contributed by atoms with Gasteiger partial charge in [0.05, 0.1) is 17.8 Å². The third kappa shape index (κ3) is 3.71. The Balaban J connectivity index is 1.80. The molecule has 4 N–H and O–H groups in total. The van der Waals surface area contributed by atoms with Crippen LogP contribution < -0.4 is 16.4 Å². The molecule has 2 aromatic rings. The summed E-state index contributed by atoms with van der Waals surface area (Å²) in [6.07, 6.45) is 4.73. The second-order valence-electron chi connectivity index (χ2n) is 7.62. The summed E-state index contributed by atoms with van der Waals surface area (Å²) in [5, 5.41) is 10.1. The minimum absolute atomic E-state index is 0.0601. The molecule has 1 aromatic carbocycles. The van der Waals surface area contributed by atoms with E-state index in [4.69, 9.17) is 5.73 Å². The summed E-state index contributed by atoms with van der Waals surface area (Å²) in [6.45, 7) is 6.37. The molecule has 26 heavy (non-hydrogen) atoms. The van der Waals surface area contributed by atoms with Crippen LogP contribution >= 0.6 is 0 Å². The highest BCUT2D eigenvalue weighted by Crippen LogP contribution is 2.32. The summed E-state index contributed by atoms with van der Waals surface area (Å²) >= 11 is 0. The zero-order valence-corrected chi connectivity index (χ0v) is 15.4. The Bertz CT molecular complexity index is 835. The van der Waals surface area contributed by atoms with Crippen molar-refractivity contribution in [2.75, 3.05) is 5.32 Å². The number of anilines is 1. The van der Waals surface area contributed by atoms with Crippen LogP contribution in [0.4, 0.5) is 10.5 Å². The van der Waals surface area contributed by atoms with E-state index in [1.54, 1.807) is 24.3 Å². The van der Waals surface area contributed by atoms with Crippen LogP contribution in [0.1, 0.15) is 61.3 Å². The van der Waals surface area contributed by atoms with Crippen LogP contribution in [-0.2, 0) is 12.0 Å². The van der Waals surface area contributed by atoms with Crippen molar-refractivity contribution in [1.29, 1.82) is 0 Å². The monoisotopic (exact) mass is 355 g/mol. The maximum atomic E-state index is 12.7. The molecule has 0 aliphatic heterocycles. The number of nitrogens with one attached hydrogen (secondary N) is 2. The predicted octanol–water partition coefficient (Wildman–Crippen LogP) is 2.94. The topological polar surface area (TPSA) is 102 Å². The number of nitrogens with two attached hydrogens (primary N) is 1. The van der Waals surface area contributed by atoms with Crippen molar-refractivity contribution < 1.29 is 9.59 Å². The van der Waals surface area contributed by atoms with Gasteiger partial charge in [-0.3, -0.25) is 9.48 Å². The standard InChI is InChI=1S/C19H25N5O2/c1-19(2,3)24-16-9-5-8-15(14(16)11-21-24)23-17(25)12-6-4-7-13(10-12)22-18(20)26/h4,6-7,10-11,15H,5,8-9H2,1-3H3,(H,23,25)(H3,20,22,26)/t15-/m0/s1. The van der Waals surface area contributed by atoms with Gasteiger partial charge in [-0.2, -0.15) is 5.10 Å². The molecule has 1 atom stereocenters. The SMILES string of the molecule is CC(C)(C)n1ncc2c1CCC[C@@H]2NC(=O)c1cccc(NC(N)=O)c1. The first kappa shape index (κ1) is 18.0. The fourth-order valence-electron chi connectivity index (χ4n) is 3.41. The quantitative estimate of drug-likeness (QED) is 0.789. The van der Waals surface area contributed by atoms with Crippen molar-refractivity contribution in [3.05, 3.63) is 47.3 Å². The Labute approximate surface area is 153 Å². The highest BCUT2D eigenvalue weighted by atomic mass is 16.2. The Morgan fingerprint density at radius 2 is 2.08 bits per heavy atom. The molecule has 1 aromatic heterocycles. The second kappa shape index (κ2) is 6.82. The number of primary amides is 1. The highest BCUT2D eigenvalue weighted by molar-refractivity contribution is 5.96. The zero-order valence-electron chi connectivity index (χ0n) is 15.4. The first-order valence-electron chi connectivity index (χ1n) is 8.80. The van der Waals surface area contributed by atoms with Gasteiger partial charge in [-0.15, -0.1) is 0 Å². The minimum Gasteiger partial charge on any atom is -0.351 e. The summed E-state index contributed by atoms with van der Waals surface area (Å²) in [5.41, 5.74) is 8.30. The lowest BCUT2D eigenvalue weighted by atomic mass is 9.92. The lowest BCUT2D eigenvalue weighted by molar-refractivity contribution is 0.0932. The fraction of sp³-hybridized carbons (Fsp3) is 0.421. The largest absolute Gasteiger partial charge is 0.351 e. The van der Waals surface area contributed by atoms with Gasteiger partial charge in [0.2, 0.25) is 0 Å². The molecular weight excluding hydrogens is 330 g/mol. The molecule has 0 spiro atoms. The molecule has 0 saturated carbocycles. The van der Waals surface area contributed by atoms with Gasteiger partial charge >= 0.3 is 6.03 Å². The molecular formula is C19H25N5O2. The average Bonchev–Trinajstić information content (AvgIpc) is 3.00. The van der Waals surface area contributed by atoms with E-state index in [2.05, 4.69) is 41.2 Å². The van der Waals surface area contributed by atoms with E-state index in [0.29, 0.717) is 11.3 Å². The molecule has 1 aliphatic rings. The molecule has 3 amide bonds. The third-order valence-electron chi connectivity index (χ3n) is 4.52. The molecule has 0 saturated heterocycles. The zero-order chi connectivity index (χ0) is 18.9. The predicted molar refractivity (Wildman–Crippen MR) is 100 cm³/mol. The summed E-state index contributed by atoms with van der Waals surface area (Å²) in [4.78, 5) is 23.7. The Morgan fingerprint density at radius 1 is 1.31 bits per heavy atom. The molecule has 0 unspecified atom stereocenters. The summed E-state index contributed by atoms with van der Waals surface area (Å²) in [5.74, 6) is -0.181. The Morgan fingerprint density at radius 3 is 2.77 bits per heavy atom. The normalized spacial score (nSPS) is 16.7. The average molecular weight is 355 g/mol. The first-order valence-corrected chi connectivity index (χ1v) is 8.80. The number of fused-ring (bicyclic) bond motifs is 1. The number of benzene rings is 1. The van der Waals surface area contributed by atoms with Gasteiger partial charge in [-0.05, 0) is 58.2 Å². The second-order valence-corrected chi connectivity index (χ2v) is 7.62. The molecule has 0 bridgehead atoms.